The number of aromatic nitrogens is 1. The van der Waals surface area contributed by atoms with Gasteiger partial charge in [0.15, 0.2) is 0 Å². The highest BCUT2D eigenvalue weighted by molar-refractivity contribution is 7.09. The highest BCUT2D eigenvalue weighted by atomic mass is 32.1. The van der Waals surface area contributed by atoms with Gasteiger partial charge in [0.25, 0.3) is 5.91 Å². The number of carbonyl (C=O) groups is 2. The molecule has 2 aromatic rings. The monoisotopic (exact) mass is 389 g/mol. The lowest BCUT2D eigenvalue weighted by Crippen LogP contribution is -2.32. The van der Waals surface area contributed by atoms with Gasteiger partial charge in [0, 0.05) is 24.4 Å². The van der Waals surface area contributed by atoms with Crippen molar-refractivity contribution in [3.63, 3.8) is 0 Å². The molecule has 1 aromatic carbocycles. The third-order valence-electron chi connectivity index (χ3n) is 3.80. The minimum absolute atomic E-state index is 0.0225. The SMILES string of the molecule is Cc1cc(C)cc(OCc2nc(C(=O)NCCCNC(=O)C(C)C)cs2)c1. The predicted octanol–water partition coefficient (Wildman–Crippen LogP) is 3.23. The van der Waals surface area contributed by atoms with Gasteiger partial charge in [-0.05, 0) is 43.5 Å². The van der Waals surface area contributed by atoms with Crippen LogP contribution in [0.3, 0.4) is 0 Å². The van der Waals surface area contributed by atoms with Crippen molar-refractivity contribution in [2.24, 2.45) is 5.92 Å². The fourth-order valence-corrected chi connectivity index (χ4v) is 3.12. The van der Waals surface area contributed by atoms with Crippen LogP contribution < -0.4 is 15.4 Å². The lowest BCUT2D eigenvalue weighted by atomic mass is 10.1. The second-order valence-corrected chi connectivity index (χ2v) is 7.74. The van der Waals surface area contributed by atoms with Crippen LogP contribution in [-0.2, 0) is 11.4 Å². The lowest BCUT2D eigenvalue weighted by Gasteiger charge is -2.08. The van der Waals surface area contributed by atoms with E-state index in [4.69, 9.17) is 4.74 Å². The van der Waals surface area contributed by atoms with E-state index in [0.717, 1.165) is 21.9 Å². The summed E-state index contributed by atoms with van der Waals surface area (Å²) in [5, 5.41) is 8.12. The first-order valence-electron chi connectivity index (χ1n) is 9.06. The number of carbonyl (C=O) groups excluding carboxylic acids is 2. The van der Waals surface area contributed by atoms with Crippen molar-refractivity contribution in [1.82, 2.24) is 15.6 Å². The summed E-state index contributed by atoms with van der Waals surface area (Å²) in [6.45, 7) is 9.12. The molecule has 7 heteroatoms. The Labute approximate surface area is 164 Å². The maximum absolute atomic E-state index is 12.1. The first-order chi connectivity index (χ1) is 12.8. The molecule has 0 bridgehead atoms. The van der Waals surface area contributed by atoms with Crippen molar-refractivity contribution in [3.8, 4) is 5.75 Å². The summed E-state index contributed by atoms with van der Waals surface area (Å²) in [4.78, 5) is 27.9. The molecule has 0 atom stereocenters. The van der Waals surface area contributed by atoms with E-state index in [1.54, 1.807) is 5.38 Å². The highest BCUT2D eigenvalue weighted by Crippen LogP contribution is 2.19. The Bertz CT molecular complexity index is 766. The average Bonchev–Trinajstić information content (AvgIpc) is 3.07. The maximum atomic E-state index is 12.1. The second-order valence-electron chi connectivity index (χ2n) is 6.79. The van der Waals surface area contributed by atoms with Crippen LogP contribution in [0.4, 0.5) is 0 Å². The van der Waals surface area contributed by atoms with Crippen molar-refractivity contribution in [2.75, 3.05) is 13.1 Å². The van der Waals surface area contributed by atoms with Crippen LogP contribution in [0.1, 0.15) is 46.9 Å². The van der Waals surface area contributed by atoms with Crippen molar-refractivity contribution in [1.29, 1.82) is 0 Å². The summed E-state index contributed by atoms with van der Waals surface area (Å²) in [6, 6.07) is 6.05. The topological polar surface area (TPSA) is 80.3 Å². The lowest BCUT2D eigenvalue weighted by molar-refractivity contribution is -0.123. The molecule has 2 rings (SSSR count). The van der Waals surface area contributed by atoms with Crippen LogP contribution in [0.15, 0.2) is 23.6 Å². The molecule has 0 aliphatic rings. The molecule has 0 aliphatic heterocycles. The van der Waals surface area contributed by atoms with E-state index in [9.17, 15) is 9.59 Å². The Balaban J connectivity index is 1.74. The van der Waals surface area contributed by atoms with Crippen molar-refractivity contribution < 1.29 is 14.3 Å². The van der Waals surface area contributed by atoms with E-state index in [2.05, 4.69) is 21.7 Å². The Morgan fingerprint density at radius 1 is 1.11 bits per heavy atom. The van der Waals surface area contributed by atoms with Gasteiger partial charge in [-0.3, -0.25) is 9.59 Å². The molecule has 0 radical (unpaired) electrons. The zero-order valence-corrected chi connectivity index (χ0v) is 17.1. The van der Waals surface area contributed by atoms with Crippen LogP contribution in [0.5, 0.6) is 5.75 Å². The van der Waals surface area contributed by atoms with Crippen molar-refractivity contribution >= 4 is 23.2 Å². The summed E-state index contributed by atoms with van der Waals surface area (Å²) in [5.41, 5.74) is 2.69. The summed E-state index contributed by atoms with van der Waals surface area (Å²) in [7, 11) is 0. The Morgan fingerprint density at radius 3 is 2.44 bits per heavy atom. The molecule has 0 spiro atoms. The molecule has 2 amide bonds. The molecule has 27 heavy (non-hydrogen) atoms. The smallest absolute Gasteiger partial charge is 0.270 e. The fraction of sp³-hybridized carbons (Fsp3) is 0.450. The average molecular weight is 390 g/mol. The molecular formula is C20H27N3O3S. The minimum atomic E-state index is -0.209. The molecule has 0 saturated heterocycles. The molecule has 2 N–H and O–H groups in total. The highest BCUT2D eigenvalue weighted by Gasteiger charge is 2.11. The first kappa shape index (κ1) is 20.9. The largest absolute Gasteiger partial charge is 0.486 e. The Kier molecular flexibility index (Phi) is 7.79. The molecule has 6 nitrogen and oxygen atoms in total. The predicted molar refractivity (Wildman–Crippen MR) is 107 cm³/mol. The third-order valence-corrected chi connectivity index (χ3v) is 4.63. The van der Waals surface area contributed by atoms with E-state index in [1.807, 2.05) is 39.8 Å². The number of hydrogen-bond donors (Lipinski definition) is 2. The molecule has 0 fully saturated rings. The molecule has 0 unspecified atom stereocenters. The van der Waals surface area contributed by atoms with Gasteiger partial charge in [-0.2, -0.15) is 0 Å². The first-order valence-corrected chi connectivity index (χ1v) is 9.94. The van der Waals surface area contributed by atoms with Crippen molar-refractivity contribution in [2.45, 2.75) is 40.7 Å². The Hall–Kier alpha value is -2.41. The summed E-state index contributed by atoms with van der Waals surface area (Å²) >= 11 is 1.40. The quantitative estimate of drug-likeness (QED) is 0.645. The molecule has 0 saturated carbocycles. The number of thiazole rings is 1. The summed E-state index contributed by atoms with van der Waals surface area (Å²) < 4.78 is 5.78. The van der Waals surface area contributed by atoms with E-state index in [1.165, 1.54) is 11.3 Å². The van der Waals surface area contributed by atoms with E-state index in [-0.39, 0.29) is 17.7 Å². The number of amides is 2. The van der Waals surface area contributed by atoms with Crippen molar-refractivity contribution in [3.05, 3.63) is 45.4 Å². The van der Waals surface area contributed by atoms with E-state index < -0.39 is 0 Å². The Morgan fingerprint density at radius 2 is 1.78 bits per heavy atom. The summed E-state index contributed by atoms with van der Waals surface area (Å²) in [6.07, 6.45) is 0.678. The zero-order valence-electron chi connectivity index (χ0n) is 16.3. The second kappa shape index (κ2) is 10.1. The van der Waals surface area contributed by atoms with Gasteiger partial charge in [0.2, 0.25) is 5.91 Å². The van der Waals surface area contributed by atoms with Gasteiger partial charge in [-0.25, -0.2) is 4.98 Å². The van der Waals surface area contributed by atoms with Gasteiger partial charge >= 0.3 is 0 Å². The molecule has 0 aliphatic carbocycles. The fourth-order valence-electron chi connectivity index (χ4n) is 2.44. The summed E-state index contributed by atoms with van der Waals surface area (Å²) in [5.74, 6) is 0.587. The van der Waals surface area contributed by atoms with E-state index in [0.29, 0.717) is 31.8 Å². The number of rotatable bonds is 9. The van der Waals surface area contributed by atoms with Gasteiger partial charge in [0.05, 0.1) is 0 Å². The molecular weight excluding hydrogens is 362 g/mol. The minimum Gasteiger partial charge on any atom is -0.486 e. The number of aryl methyl sites for hydroxylation is 2. The van der Waals surface area contributed by atoms with Crippen LogP contribution in [0, 0.1) is 19.8 Å². The van der Waals surface area contributed by atoms with Gasteiger partial charge in [0.1, 0.15) is 23.1 Å². The molecule has 146 valence electrons. The van der Waals surface area contributed by atoms with Crippen LogP contribution in [0.2, 0.25) is 0 Å². The third kappa shape index (κ3) is 7.02. The van der Waals surface area contributed by atoms with Crippen LogP contribution in [-0.4, -0.2) is 29.9 Å². The molecule has 1 heterocycles. The van der Waals surface area contributed by atoms with E-state index >= 15 is 0 Å². The van der Waals surface area contributed by atoms with Crippen LogP contribution >= 0.6 is 11.3 Å². The molecule has 1 aromatic heterocycles. The number of ether oxygens (including phenoxy) is 1. The maximum Gasteiger partial charge on any atom is 0.270 e. The van der Waals surface area contributed by atoms with Crippen LogP contribution in [0.25, 0.3) is 0 Å². The van der Waals surface area contributed by atoms with Gasteiger partial charge < -0.3 is 15.4 Å². The number of nitrogens with zero attached hydrogens (tertiary/aromatic N) is 1. The van der Waals surface area contributed by atoms with Gasteiger partial charge in [-0.15, -0.1) is 11.3 Å². The number of benzene rings is 1. The zero-order chi connectivity index (χ0) is 19.8. The number of nitrogens with one attached hydrogen (secondary N) is 2. The standard InChI is InChI=1S/C20H27N3O3S/c1-13(2)19(24)21-6-5-7-22-20(25)17-12-27-18(23-17)11-26-16-9-14(3)8-15(4)10-16/h8-10,12-13H,5-7,11H2,1-4H3,(H,21,24)(H,22,25). The number of hydrogen-bond acceptors (Lipinski definition) is 5. The normalized spacial score (nSPS) is 10.7. The van der Waals surface area contributed by atoms with Gasteiger partial charge in [-0.1, -0.05) is 19.9 Å².